The molecule has 1 aliphatic heterocycles. The number of hydrogen-bond acceptors (Lipinski definition) is 2. The highest BCUT2D eigenvalue weighted by Gasteiger charge is 2.23. The Balaban J connectivity index is 2.67. The molecule has 13 heavy (non-hydrogen) atoms. The van der Waals surface area contributed by atoms with E-state index in [4.69, 9.17) is 16.3 Å². The van der Waals surface area contributed by atoms with Gasteiger partial charge in [-0.1, -0.05) is 11.6 Å². The summed E-state index contributed by atoms with van der Waals surface area (Å²) in [5, 5.41) is 0.492. The van der Waals surface area contributed by atoms with Crippen molar-refractivity contribution in [1.29, 1.82) is 0 Å². The van der Waals surface area contributed by atoms with Crippen LogP contribution in [0.25, 0.3) is 0 Å². The molecule has 0 saturated heterocycles. The first kappa shape index (κ1) is 9.03. The lowest BCUT2D eigenvalue weighted by Crippen LogP contribution is -2.16. The summed E-state index contributed by atoms with van der Waals surface area (Å²) < 4.78 is 6.07. The molecule has 2 nitrogen and oxygen atoms in total. The molecule has 0 fully saturated rings. The first-order valence-electron chi connectivity index (χ1n) is 3.84. The Morgan fingerprint density at radius 3 is 2.92 bits per heavy atom. The van der Waals surface area contributed by atoms with Gasteiger partial charge in [0.05, 0.1) is 17.2 Å². The Labute approximate surface area is 89.0 Å². The maximum atomic E-state index is 11.5. The zero-order chi connectivity index (χ0) is 9.42. The van der Waals surface area contributed by atoms with Crippen LogP contribution in [0.3, 0.4) is 0 Å². The van der Waals surface area contributed by atoms with Crippen molar-refractivity contribution in [3.05, 3.63) is 27.2 Å². The molecule has 2 rings (SSSR count). The topological polar surface area (TPSA) is 26.3 Å². The van der Waals surface area contributed by atoms with E-state index < -0.39 is 0 Å². The van der Waals surface area contributed by atoms with Crippen molar-refractivity contribution in [1.82, 2.24) is 0 Å². The van der Waals surface area contributed by atoms with Gasteiger partial charge in [-0.25, -0.2) is 0 Å². The fourth-order valence-electron chi connectivity index (χ4n) is 1.30. The Kier molecular flexibility index (Phi) is 2.30. The molecule has 0 amide bonds. The van der Waals surface area contributed by atoms with Crippen LogP contribution in [0.4, 0.5) is 0 Å². The van der Waals surface area contributed by atoms with Gasteiger partial charge in [0.1, 0.15) is 5.75 Å². The Hall–Kier alpha value is -0.540. The summed E-state index contributed by atoms with van der Waals surface area (Å²) in [7, 11) is 0. The highest BCUT2D eigenvalue weighted by molar-refractivity contribution is 9.10. The summed E-state index contributed by atoms with van der Waals surface area (Å²) in [5.41, 5.74) is 0.568. The molecule has 0 unspecified atom stereocenters. The zero-order valence-electron chi connectivity index (χ0n) is 6.64. The fourth-order valence-corrected chi connectivity index (χ4v) is 2.05. The number of hydrogen-bond donors (Lipinski definition) is 0. The first-order chi connectivity index (χ1) is 6.20. The number of fused-ring (bicyclic) bond motifs is 1. The first-order valence-corrected chi connectivity index (χ1v) is 5.01. The predicted octanol–water partition coefficient (Wildman–Crippen LogP) is 3.07. The molecular formula is C9H6BrClO2. The van der Waals surface area contributed by atoms with E-state index in [-0.39, 0.29) is 5.78 Å². The van der Waals surface area contributed by atoms with Crippen molar-refractivity contribution in [2.75, 3.05) is 6.61 Å². The molecule has 0 spiro atoms. The molecular weight excluding hydrogens is 255 g/mol. The minimum absolute atomic E-state index is 0.0793. The average molecular weight is 262 g/mol. The van der Waals surface area contributed by atoms with E-state index in [0.29, 0.717) is 29.4 Å². The molecule has 0 saturated carbocycles. The monoisotopic (exact) mass is 260 g/mol. The van der Waals surface area contributed by atoms with Crippen LogP contribution in [0, 0.1) is 0 Å². The van der Waals surface area contributed by atoms with E-state index in [1.54, 1.807) is 12.1 Å². The molecule has 0 bridgehead atoms. The molecule has 1 aromatic rings. The smallest absolute Gasteiger partial charge is 0.171 e. The van der Waals surface area contributed by atoms with Gasteiger partial charge in [0.2, 0.25) is 0 Å². The number of halogens is 2. The lowest BCUT2D eigenvalue weighted by molar-refractivity contribution is 0.0932. The molecule has 1 aliphatic rings. The Bertz CT molecular complexity index is 376. The average Bonchev–Trinajstić information content (AvgIpc) is 2.12. The lowest BCUT2D eigenvalue weighted by Gasteiger charge is -2.18. The minimum atomic E-state index is 0.0793. The van der Waals surface area contributed by atoms with Crippen LogP contribution in [0.5, 0.6) is 5.75 Å². The van der Waals surface area contributed by atoms with E-state index >= 15 is 0 Å². The molecule has 0 aliphatic carbocycles. The van der Waals surface area contributed by atoms with Crippen LogP contribution in [-0.2, 0) is 0 Å². The van der Waals surface area contributed by atoms with E-state index in [1.165, 1.54) is 0 Å². The third-order valence-electron chi connectivity index (χ3n) is 1.91. The van der Waals surface area contributed by atoms with Gasteiger partial charge in [-0.2, -0.15) is 0 Å². The molecule has 4 heteroatoms. The molecule has 1 heterocycles. The normalized spacial score (nSPS) is 15.1. The highest BCUT2D eigenvalue weighted by Crippen LogP contribution is 2.37. The largest absolute Gasteiger partial charge is 0.491 e. The van der Waals surface area contributed by atoms with Gasteiger partial charge in [-0.3, -0.25) is 4.79 Å². The minimum Gasteiger partial charge on any atom is -0.491 e. The number of carbonyl (C=O) groups excluding carboxylic acids is 1. The SMILES string of the molecule is O=C1CCOc2c(Cl)ccc(Br)c21. The van der Waals surface area contributed by atoms with Crippen LogP contribution in [0.2, 0.25) is 5.02 Å². The van der Waals surface area contributed by atoms with Crippen molar-refractivity contribution in [2.45, 2.75) is 6.42 Å². The van der Waals surface area contributed by atoms with Gasteiger partial charge >= 0.3 is 0 Å². The Morgan fingerprint density at radius 2 is 2.23 bits per heavy atom. The second-order valence-corrected chi connectivity index (χ2v) is 4.02. The third-order valence-corrected chi connectivity index (χ3v) is 2.87. The van der Waals surface area contributed by atoms with Crippen molar-refractivity contribution >= 4 is 33.3 Å². The summed E-state index contributed by atoms with van der Waals surface area (Å²) in [6.45, 7) is 0.419. The van der Waals surface area contributed by atoms with Gasteiger partial charge in [-0.05, 0) is 28.1 Å². The molecule has 68 valence electrons. The number of carbonyl (C=O) groups is 1. The summed E-state index contributed by atoms with van der Waals surface area (Å²) in [6, 6.07) is 3.47. The van der Waals surface area contributed by atoms with E-state index in [1.807, 2.05) is 0 Å². The van der Waals surface area contributed by atoms with Crippen molar-refractivity contribution in [3.8, 4) is 5.75 Å². The van der Waals surface area contributed by atoms with Gasteiger partial charge in [0.25, 0.3) is 0 Å². The fraction of sp³-hybridized carbons (Fsp3) is 0.222. The number of ketones is 1. The quantitative estimate of drug-likeness (QED) is 0.717. The van der Waals surface area contributed by atoms with Crippen LogP contribution in [0.1, 0.15) is 16.8 Å². The second kappa shape index (κ2) is 3.31. The molecule has 0 radical (unpaired) electrons. The standard InChI is InChI=1S/C9H6BrClO2/c10-5-1-2-6(11)9-8(5)7(12)3-4-13-9/h1-2H,3-4H2. The molecule has 0 atom stereocenters. The summed E-state index contributed by atoms with van der Waals surface area (Å²) >= 11 is 9.18. The maximum absolute atomic E-state index is 11.5. The molecule has 1 aromatic carbocycles. The van der Waals surface area contributed by atoms with Crippen molar-refractivity contribution in [2.24, 2.45) is 0 Å². The Morgan fingerprint density at radius 1 is 1.46 bits per heavy atom. The zero-order valence-corrected chi connectivity index (χ0v) is 8.98. The number of ether oxygens (including phenoxy) is 1. The van der Waals surface area contributed by atoms with Gasteiger partial charge in [-0.15, -0.1) is 0 Å². The van der Waals surface area contributed by atoms with Gasteiger partial charge < -0.3 is 4.74 Å². The third kappa shape index (κ3) is 1.46. The van der Waals surface area contributed by atoms with E-state index in [2.05, 4.69) is 15.9 Å². The molecule has 0 N–H and O–H groups in total. The van der Waals surface area contributed by atoms with Crippen LogP contribution in [0.15, 0.2) is 16.6 Å². The summed E-state index contributed by atoms with van der Waals surface area (Å²) in [5.74, 6) is 0.586. The van der Waals surface area contributed by atoms with Gasteiger partial charge in [0, 0.05) is 10.9 Å². The van der Waals surface area contributed by atoms with Gasteiger partial charge in [0.15, 0.2) is 5.78 Å². The van der Waals surface area contributed by atoms with Crippen LogP contribution >= 0.6 is 27.5 Å². The second-order valence-electron chi connectivity index (χ2n) is 2.75. The predicted molar refractivity (Wildman–Crippen MR) is 53.6 cm³/mol. The van der Waals surface area contributed by atoms with Crippen molar-refractivity contribution in [3.63, 3.8) is 0 Å². The summed E-state index contributed by atoms with van der Waals surface area (Å²) in [4.78, 5) is 11.5. The molecule has 0 aromatic heterocycles. The number of Topliss-reactive ketones (excluding diaryl/α,β-unsaturated/α-hetero) is 1. The lowest BCUT2D eigenvalue weighted by atomic mass is 10.1. The van der Waals surface area contributed by atoms with E-state index in [0.717, 1.165) is 4.47 Å². The summed E-state index contributed by atoms with van der Waals surface area (Å²) in [6.07, 6.45) is 0.423. The van der Waals surface area contributed by atoms with Crippen LogP contribution < -0.4 is 4.74 Å². The highest BCUT2D eigenvalue weighted by atomic mass is 79.9. The maximum Gasteiger partial charge on any atom is 0.171 e. The van der Waals surface area contributed by atoms with Crippen molar-refractivity contribution < 1.29 is 9.53 Å². The number of rotatable bonds is 0. The van der Waals surface area contributed by atoms with Crippen LogP contribution in [-0.4, -0.2) is 12.4 Å². The number of benzene rings is 1. The van der Waals surface area contributed by atoms with E-state index in [9.17, 15) is 4.79 Å².